The SMILES string of the molecule is CCCCCC(=O)OC1OC(=O)[C@](O)(CC)c2cc3n(c(=O)c21)Cc1cc2ccccc2nc1-3. The molecule has 8 nitrogen and oxygen atoms in total. The topological polar surface area (TPSA) is 108 Å². The van der Waals surface area contributed by atoms with Crippen LogP contribution in [0, 0.1) is 0 Å². The molecule has 0 aliphatic carbocycles. The van der Waals surface area contributed by atoms with Crippen LogP contribution < -0.4 is 5.56 Å². The van der Waals surface area contributed by atoms with E-state index in [1.807, 2.05) is 37.3 Å². The van der Waals surface area contributed by atoms with Gasteiger partial charge in [0.25, 0.3) is 11.8 Å². The Bertz CT molecular complexity index is 1380. The Morgan fingerprint density at radius 1 is 1.24 bits per heavy atom. The molecular weight excluding hydrogens is 436 g/mol. The lowest BCUT2D eigenvalue weighted by Gasteiger charge is -2.35. The maximum absolute atomic E-state index is 13.7. The molecule has 4 heterocycles. The number of hydrogen-bond acceptors (Lipinski definition) is 7. The van der Waals surface area contributed by atoms with Crippen LogP contribution in [0.3, 0.4) is 0 Å². The van der Waals surface area contributed by atoms with Crippen molar-refractivity contribution in [2.45, 2.75) is 64.4 Å². The molecule has 1 unspecified atom stereocenters. The van der Waals surface area contributed by atoms with E-state index in [1.54, 1.807) is 13.0 Å². The number of fused-ring (bicyclic) bond motifs is 5. The number of unbranched alkanes of at least 4 members (excludes halogenated alkanes) is 2. The molecule has 0 fully saturated rings. The molecule has 0 spiro atoms. The highest BCUT2D eigenvalue weighted by molar-refractivity contribution is 5.86. The summed E-state index contributed by atoms with van der Waals surface area (Å²) in [7, 11) is 0. The molecule has 5 rings (SSSR count). The zero-order valence-electron chi connectivity index (χ0n) is 19.2. The first kappa shape index (κ1) is 22.3. The first-order valence-electron chi connectivity index (χ1n) is 11.7. The second-order valence-corrected chi connectivity index (χ2v) is 8.84. The number of para-hydroxylation sites is 1. The number of aromatic nitrogens is 2. The summed E-state index contributed by atoms with van der Waals surface area (Å²) in [6, 6.07) is 11.3. The third-order valence-corrected chi connectivity index (χ3v) is 6.68. The minimum atomic E-state index is -2.02. The van der Waals surface area contributed by atoms with Crippen LogP contribution in [0.25, 0.3) is 22.3 Å². The normalized spacial score (nSPS) is 20.4. The molecule has 2 aromatic heterocycles. The molecule has 0 saturated carbocycles. The molecule has 8 heteroatoms. The van der Waals surface area contributed by atoms with Crippen LogP contribution in [0.4, 0.5) is 0 Å². The number of esters is 2. The summed E-state index contributed by atoms with van der Waals surface area (Å²) in [5, 5.41) is 12.2. The monoisotopic (exact) mass is 462 g/mol. The number of hydrogen-bond donors (Lipinski definition) is 1. The Kier molecular flexibility index (Phi) is 5.48. The quantitative estimate of drug-likeness (QED) is 0.344. The molecule has 0 radical (unpaired) electrons. The van der Waals surface area contributed by atoms with Crippen molar-refractivity contribution in [3.05, 3.63) is 63.4 Å². The molecule has 2 aliphatic heterocycles. The molecule has 176 valence electrons. The fourth-order valence-electron chi connectivity index (χ4n) is 4.74. The van der Waals surface area contributed by atoms with Crippen LogP contribution in [-0.2, 0) is 31.2 Å². The molecule has 1 aromatic carbocycles. The van der Waals surface area contributed by atoms with Gasteiger partial charge in [-0.1, -0.05) is 44.9 Å². The number of carbonyl (C=O) groups excluding carboxylic acids is 2. The molecule has 3 aromatic rings. The molecular formula is C26H26N2O6. The number of pyridine rings is 2. The largest absolute Gasteiger partial charge is 0.420 e. The van der Waals surface area contributed by atoms with Gasteiger partial charge in [0, 0.05) is 22.9 Å². The molecule has 0 saturated heterocycles. The standard InChI is InChI=1S/C26H26N2O6/c1-3-5-6-11-20(29)33-24-21-17(26(32,4-2)25(31)34-24)13-19-22-16(14-28(19)23(21)30)12-15-9-7-8-10-18(15)27-22/h7-10,12-13,24,32H,3-6,11,14H2,1-2H3/t24?,26-/m0/s1. The summed E-state index contributed by atoms with van der Waals surface area (Å²) in [6.07, 6.45) is 1.10. The summed E-state index contributed by atoms with van der Waals surface area (Å²) in [5.41, 5.74) is 0.381. The van der Waals surface area contributed by atoms with Crippen molar-refractivity contribution in [2.75, 3.05) is 0 Å². The van der Waals surface area contributed by atoms with Crippen molar-refractivity contribution in [3.63, 3.8) is 0 Å². The maximum Gasteiger partial charge on any atom is 0.346 e. The van der Waals surface area contributed by atoms with E-state index in [-0.39, 0.29) is 30.5 Å². The van der Waals surface area contributed by atoms with Crippen molar-refractivity contribution in [1.82, 2.24) is 9.55 Å². The Labute approximate surface area is 196 Å². The van der Waals surface area contributed by atoms with Gasteiger partial charge in [-0.3, -0.25) is 9.59 Å². The zero-order chi connectivity index (χ0) is 24.0. The van der Waals surface area contributed by atoms with Gasteiger partial charge in [0.1, 0.15) is 5.56 Å². The number of carbonyl (C=O) groups is 2. The average molecular weight is 463 g/mol. The highest BCUT2D eigenvalue weighted by Gasteiger charge is 2.50. The Morgan fingerprint density at radius 2 is 2.03 bits per heavy atom. The number of ether oxygens (including phenoxy) is 2. The minimum Gasteiger partial charge on any atom is -0.420 e. The molecule has 0 amide bonds. The van der Waals surface area contributed by atoms with Crippen LogP contribution in [0.2, 0.25) is 0 Å². The molecule has 0 bridgehead atoms. The minimum absolute atomic E-state index is 0.00308. The highest BCUT2D eigenvalue weighted by Crippen LogP contribution is 2.42. The number of cyclic esters (lactones) is 1. The number of rotatable bonds is 6. The van der Waals surface area contributed by atoms with Crippen molar-refractivity contribution in [3.8, 4) is 11.4 Å². The van der Waals surface area contributed by atoms with E-state index in [2.05, 4.69) is 0 Å². The number of aliphatic hydroxyl groups is 1. The van der Waals surface area contributed by atoms with Gasteiger partial charge in [0.05, 0.1) is 23.4 Å². The van der Waals surface area contributed by atoms with Crippen molar-refractivity contribution >= 4 is 22.8 Å². The van der Waals surface area contributed by atoms with Gasteiger partial charge < -0.3 is 19.1 Å². The van der Waals surface area contributed by atoms with Gasteiger partial charge >= 0.3 is 11.9 Å². The van der Waals surface area contributed by atoms with Gasteiger partial charge in [0.15, 0.2) is 5.60 Å². The third kappa shape index (κ3) is 3.40. The van der Waals surface area contributed by atoms with Gasteiger partial charge in [-0.05, 0) is 31.0 Å². The highest BCUT2D eigenvalue weighted by atomic mass is 16.7. The Balaban J connectivity index is 1.63. The van der Waals surface area contributed by atoms with Gasteiger partial charge in [-0.15, -0.1) is 0 Å². The van der Waals surface area contributed by atoms with E-state index >= 15 is 0 Å². The van der Waals surface area contributed by atoms with Crippen molar-refractivity contribution in [1.29, 1.82) is 0 Å². The summed E-state index contributed by atoms with van der Waals surface area (Å²) in [4.78, 5) is 43.6. The fraction of sp³-hybridized carbons (Fsp3) is 0.385. The molecule has 2 atom stereocenters. The van der Waals surface area contributed by atoms with Gasteiger partial charge in [0.2, 0.25) is 0 Å². The Morgan fingerprint density at radius 3 is 2.79 bits per heavy atom. The summed E-state index contributed by atoms with van der Waals surface area (Å²) in [6.45, 7) is 3.93. The molecule has 2 aliphatic rings. The molecule has 34 heavy (non-hydrogen) atoms. The predicted molar refractivity (Wildman–Crippen MR) is 124 cm³/mol. The molecule has 1 N–H and O–H groups in total. The smallest absolute Gasteiger partial charge is 0.346 e. The number of benzene rings is 1. The Hall–Kier alpha value is -3.52. The summed E-state index contributed by atoms with van der Waals surface area (Å²) < 4.78 is 12.3. The lowest BCUT2D eigenvalue weighted by atomic mass is 9.85. The maximum atomic E-state index is 13.7. The summed E-state index contributed by atoms with van der Waals surface area (Å²) in [5.74, 6) is -1.50. The van der Waals surface area contributed by atoms with E-state index in [0.29, 0.717) is 17.8 Å². The fourth-order valence-corrected chi connectivity index (χ4v) is 4.74. The third-order valence-electron chi connectivity index (χ3n) is 6.68. The van der Waals surface area contributed by atoms with E-state index in [4.69, 9.17) is 14.5 Å². The first-order valence-corrected chi connectivity index (χ1v) is 11.7. The van der Waals surface area contributed by atoms with E-state index < -0.39 is 29.4 Å². The van der Waals surface area contributed by atoms with Crippen LogP contribution in [0.1, 0.15) is 68.9 Å². The van der Waals surface area contributed by atoms with E-state index in [9.17, 15) is 19.5 Å². The average Bonchev–Trinajstić information content (AvgIpc) is 3.19. The first-order chi connectivity index (χ1) is 16.4. The predicted octanol–water partition coefficient (Wildman–Crippen LogP) is 3.70. The van der Waals surface area contributed by atoms with E-state index in [1.165, 1.54) is 4.57 Å². The van der Waals surface area contributed by atoms with Crippen molar-refractivity contribution in [2.24, 2.45) is 0 Å². The zero-order valence-corrected chi connectivity index (χ0v) is 19.2. The second kappa shape index (κ2) is 8.36. The number of nitrogens with zero attached hydrogens (tertiary/aromatic N) is 2. The summed E-state index contributed by atoms with van der Waals surface area (Å²) >= 11 is 0. The van der Waals surface area contributed by atoms with Crippen LogP contribution in [0.5, 0.6) is 0 Å². The van der Waals surface area contributed by atoms with Gasteiger partial charge in [-0.2, -0.15) is 0 Å². The van der Waals surface area contributed by atoms with Crippen LogP contribution in [-0.4, -0.2) is 26.6 Å². The van der Waals surface area contributed by atoms with Crippen molar-refractivity contribution < 1.29 is 24.2 Å². The lowest BCUT2D eigenvalue weighted by molar-refractivity contribution is -0.211. The van der Waals surface area contributed by atoms with Crippen LogP contribution >= 0.6 is 0 Å². The van der Waals surface area contributed by atoms with E-state index in [0.717, 1.165) is 29.3 Å². The second-order valence-electron chi connectivity index (χ2n) is 8.84. The van der Waals surface area contributed by atoms with Crippen LogP contribution in [0.15, 0.2) is 41.2 Å². The lowest BCUT2D eigenvalue weighted by Crippen LogP contribution is -2.47. The van der Waals surface area contributed by atoms with Gasteiger partial charge in [-0.25, -0.2) is 9.78 Å².